The molecule has 0 unspecified atom stereocenters. The first kappa shape index (κ1) is 20.5. The maximum Gasteiger partial charge on any atom is 0.254 e. The predicted molar refractivity (Wildman–Crippen MR) is 115 cm³/mol. The quantitative estimate of drug-likeness (QED) is 0.663. The molecule has 1 aliphatic rings. The molecule has 0 aliphatic carbocycles. The third-order valence-electron chi connectivity index (χ3n) is 5.18. The Labute approximate surface area is 174 Å². The van der Waals surface area contributed by atoms with Crippen molar-refractivity contribution in [2.75, 3.05) is 18.4 Å². The third-order valence-corrected chi connectivity index (χ3v) is 5.94. The molecule has 0 radical (unpaired) electrons. The van der Waals surface area contributed by atoms with Crippen LogP contribution in [0.3, 0.4) is 0 Å². The number of carbonyl (C=O) groups excluding carboxylic acids is 1. The fourth-order valence-corrected chi connectivity index (χ4v) is 4.23. The summed E-state index contributed by atoms with van der Waals surface area (Å²) in [4.78, 5) is 17.8. The highest BCUT2D eigenvalue weighted by Gasteiger charge is 2.42. The molecule has 1 aliphatic heterocycles. The molecule has 28 heavy (non-hydrogen) atoms. The van der Waals surface area contributed by atoms with Crippen molar-refractivity contribution in [3.8, 4) is 11.3 Å². The largest absolute Gasteiger partial charge is 0.317 e. The number of aryl methyl sites for hydroxylation is 1. The van der Waals surface area contributed by atoms with E-state index in [2.05, 4.69) is 51.9 Å². The number of nitrogens with one attached hydrogen (secondary N) is 2. The van der Waals surface area contributed by atoms with Crippen LogP contribution in [0.4, 0.5) is 5.13 Å². The van der Waals surface area contributed by atoms with Gasteiger partial charge in [0.05, 0.1) is 5.69 Å². The van der Waals surface area contributed by atoms with Gasteiger partial charge in [0.25, 0.3) is 5.91 Å². The second kappa shape index (κ2) is 8.86. The van der Waals surface area contributed by atoms with Gasteiger partial charge in [0, 0.05) is 23.3 Å². The van der Waals surface area contributed by atoms with Gasteiger partial charge in [-0.2, -0.15) is 5.10 Å². The molecule has 148 valence electrons. The van der Waals surface area contributed by atoms with Gasteiger partial charge in [-0.15, -0.1) is 23.7 Å². The van der Waals surface area contributed by atoms with E-state index in [0.29, 0.717) is 18.0 Å². The lowest BCUT2D eigenvalue weighted by Crippen LogP contribution is -2.52. The van der Waals surface area contributed by atoms with Gasteiger partial charge in [-0.25, -0.2) is 4.98 Å². The Kier molecular flexibility index (Phi) is 6.49. The fourth-order valence-electron chi connectivity index (χ4n) is 3.51. The maximum absolute atomic E-state index is 13.2. The lowest BCUT2D eigenvalue weighted by Gasteiger charge is -2.36. The molecule has 1 saturated heterocycles. The van der Waals surface area contributed by atoms with Gasteiger partial charge in [0.2, 0.25) is 0 Å². The van der Waals surface area contributed by atoms with Gasteiger partial charge in [-0.1, -0.05) is 31.2 Å². The van der Waals surface area contributed by atoms with Crippen molar-refractivity contribution in [1.82, 2.24) is 20.1 Å². The van der Waals surface area contributed by atoms with Crippen molar-refractivity contribution < 1.29 is 4.79 Å². The Bertz CT molecular complexity index is 901. The number of hydrogen-bond acceptors (Lipinski definition) is 5. The molecule has 2 N–H and O–H groups in total. The van der Waals surface area contributed by atoms with Crippen LogP contribution in [0.25, 0.3) is 11.3 Å². The number of halogens is 1. The Morgan fingerprint density at radius 3 is 2.68 bits per heavy atom. The van der Waals surface area contributed by atoms with E-state index in [-0.39, 0.29) is 18.3 Å². The molecule has 8 heteroatoms. The second-order valence-corrected chi connectivity index (χ2v) is 7.63. The number of nitrogens with zero attached hydrogens (tertiary/aromatic N) is 3. The molecular weight excluding hydrogens is 394 g/mol. The minimum Gasteiger partial charge on any atom is -0.317 e. The molecule has 0 spiro atoms. The van der Waals surface area contributed by atoms with Crippen molar-refractivity contribution in [2.24, 2.45) is 0 Å². The molecule has 3 aromatic rings. The van der Waals surface area contributed by atoms with Gasteiger partial charge in [0.1, 0.15) is 5.54 Å². The van der Waals surface area contributed by atoms with E-state index < -0.39 is 5.54 Å². The zero-order valence-corrected chi connectivity index (χ0v) is 17.4. The fraction of sp³-hybridized carbons (Fsp3) is 0.350. The second-order valence-electron chi connectivity index (χ2n) is 6.77. The highest BCUT2D eigenvalue weighted by molar-refractivity contribution is 7.14. The molecule has 4 rings (SSSR count). The van der Waals surface area contributed by atoms with Crippen LogP contribution in [0.1, 0.15) is 25.3 Å². The van der Waals surface area contributed by atoms with Gasteiger partial charge in [-0.3, -0.25) is 14.8 Å². The normalized spacial score (nSPS) is 15.6. The first-order chi connectivity index (χ1) is 13.2. The number of amides is 1. The van der Waals surface area contributed by atoms with Crippen molar-refractivity contribution in [3.05, 3.63) is 53.7 Å². The van der Waals surface area contributed by atoms with E-state index in [1.165, 1.54) is 16.9 Å². The van der Waals surface area contributed by atoms with Crippen molar-refractivity contribution in [2.45, 2.75) is 31.7 Å². The zero-order valence-electron chi connectivity index (χ0n) is 15.7. The number of benzene rings is 1. The van der Waals surface area contributed by atoms with Crippen LogP contribution in [-0.2, 0) is 16.8 Å². The maximum atomic E-state index is 13.2. The topological polar surface area (TPSA) is 71.8 Å². The average Bonchev–Trinajstić information content (AvgIpc) is 3.41. The number of aromatic nitrogens is 3. The molecule has 3 heterocycles. The van der Waals surface area contributed by atoms with Crippen molar-refractivity contribution in [3.63, 3.8) is 0 Å². The highest BCUT2D eigenvalue weighted by atomic mass is 35.5. The summed E-state index contributed by atoms with van der Waals surface area (Å²) in [6, 6.07) is 10.3. The number of piperidine rings is 1. The number of hydrogen-bond donors (Lipinski definition) is 2. The summed E-state index contributed by atoms with van der Waals surface area (Å²) in [5, 5.41) is 13.3. The van der Waals surface area contributed by atoms with Crippen LogP contribution in [0.15, 0.2) is 48.1 Å². The van der Waals surface area contributed by atoms with Crippen LogP contribution in [0.5, 0.6) is 0 Å². The van der Waals surface area contributed by atoms with Crippen molar-refractivity contribution >= 4 is 34.8 Å². The Hall–Kier alpha value is -2.22. The number of thiazole rings is 1. The highest BCUT2D eigenvalue weighted by Crippen LogP contribution is 2.31. The zero-order chi connectivity index (χ0) is 18.7. The molecule has 0 bridgehead atoms. The lowest BCUT2D eigenvalue weighted by atomic mass is 9.87. The molecule has 2 aromatic heterocycles. The molecule has 1 amide bonds. The monoisotopic (exact) mass is 417 g/mol. The smallest absolute Gasteiger partial charge is 0.254 e. The van der Waals surface area contributed by atoms with Crippen molar-refractivity contribution in [1.29, 1.82) is 0 Å². The van der Waals surface area contributed by atoms with Gasteiger partial charge in [0.15, 0.2) is 5.13 Å². The van der Waals surface area contributed by atoms with Gasteiger partial charge in [-0.05, 0) is 44.0 Å². The number of anilines is 1. The van der Waals surface area contributed by atoms with E-state index >= 15 is 0 Å². The molecule has 0 saturated carbocycles. The van der Waals surface area contributed by atoms with Crippen LogP contribution in [0.2, 0.25) is 0 Å². The van der Waals surface area contributed by atoms with Crippen LogP contribution >= 0.6 is 23.7 Å². The van der Waals surface area contributed by atoms with E-state index in [1.54, 1.807) is 10.9 Å². The third kappa shape index (κ3) is 3.97. The standard InChI is InChI=1S/C20H23N5OS.ClH/c1-2-15-4-6-16(7-5-15)17-14-27-19(23-17)24-18(26)20(8-11-21-12-9-20)25-13-3-10-22-25;/h3-7,10,13-14,21H,2,8-9,11-12H2,1H3,(H,23,24,26);1H. The Morgan fingerprint density at radius 2 is 2.04 bits per heavy atom. The van der Waals surface area contributed by atoms with Crippen LogP contribution in [0, 0.1) is 0 Å². The van der Waals surface area contributed by atoms with E-state index in [0.717, 1.165) is 30.8 Å². The molecule has 1 aromatic carbocycles. The molecule has 0 atom stereocenters. The minimum atomic E-state index is -0.663. The SMILES string of the molecule is CCc1ccc(-c2csc(NC(=O)C3(n4cccn4)CCNCC3)n2)cc1.Cl. The molecule has 6 nitrogen and oxygen atoms in total. The Morgan fingerprint density at radius 1 is 1.29 bits per heavy atom. The minimum absolute atomic E-state index is 0. The first-order valence-corrected chi connectivity index (χ1v) is 10.2. The number of rotatable bonds is 5. The molecule has 1 fully saturated rings. The summed E-state index contributed by atoms with van der Waals surface area (Å²) in [5.41, 5.74) is 2.59. The summed E-state index contributed by atoms with van der Waals surface area (Å²) < 4.78 is 1.79. The Balaban J connectivity index is 0.00000225. The van der Waals surface area contributed by atoms with Gasteiger partial charge < -0.3 is 5.32 Å². The summed E-state index contributed by atoms with van der Waals surface area (Å²) in [6.45, 7) is 3.72. The summed E-state index contributed by atoms with van der Waals surface area (Å²) in [5.74, 6) is -0.0464. The molecular formula is C20H24ClN5OS. The summed E-state index contributed by atoms with van der Waals surface area (Å²) >= 11 is 1.45. The average molecular weight is 418 g/mol. The lowest BCUT2D eigenvalue weighted by molar-refractivity contribution is -0.126. The number of carbonyl (C=O) groups is 1. The summed E-state index contributed by atoms with van der Waals surface area (Å²) in [6.07, 6.45) is 6.02. The summed E-state index contributed by atoms with van der Waals surface area (Å²) in [7, 11) is 0. The van der Waals surface area contributed by atoms with Crippen LogP contribution in [-0.4, -0.2) is 33.8 Å². The van der Waals surface area contributed by atoms with E-state index in [1.807, 2.05) is 17.6 Å². The predicted octanol–water partition coefficient (Wildman–Crippen LogP) is 3.71. The van der Waals surface area contributed by atoms with Crippen LogP contribution < -0.4 is 10.6 Å². The first-order valence-electron chi connectivity index (χ1n) is 9.28. The van der Waals surface area contributed by atoms with E-state index in [4.69, 9.17) is 0 Å². The van der Waals surface area contributed by atoms with Gasteiger partial charge >= 0.3 is 0 Å². The van der Waals surface area contributed by atoms with E-state index in [9.17, 15) is 4.79 Å².